The summed E-state index contributed by atoms with van der Waals surface area (Å²) in [7, 11) is 1.51. The van der Waals surface area contributed by atoms with Crippen molar-refractivity contribution in [2.45, 2.75) is 31.0 Å². The number of aromatic nitrogens is 4. The van der Waals surface area contributed by atoms with Gasteiger partial charge >= 0.3 is 6.09 Å². The summed E-state index contributed by atoms with van der Waals surface area (Å²) >= 11 is 6.77. The minimum Gasteiger partial charge on any atom is -0.465 e. The van der Waals surface area contributed by atoms with E-state index in [1.54, 1.807) is 12.1 Å². The van der Waals surface area contributed by atoms with Crippen LogP contribution in [0.25, 0.3) is 5.65 Å². The highest BCUT2D eigenvalue weighted by Crippen LogP contribution is 2.38. The molecule has 3 heterocycles. The van der Waals surface area contributed by atoms with Crippen molar-refractivity contribution < 1.29 is 14.6 Å². The molecule has 2 aliphatic rings. The zero-order valence-electron chi connectivity index (χ0n) is 19.1. The molecule has 1 saturated heterocycles. The van der Waals surface area contributed by atoms with Crippen LogP contribution in [0.1, 0.15) is 24.1 Å². The fourth-order valence-corrected chi connectivity index (χ4v) is 4.43. The molecule has 184 valence electrons. The first-order valence-corrected chi connectivity index (χ1v) is 11.5. The van der Waals surface area contributed by atoms with Gasteiger partial charge in [0.15, 0.2) is 17.2 Å². The number of nitriles is 2. The largest absolute Gasteiger partial charge is 0.465 e. The second-order valence-electron chi connectivity index (χ2n) is 8.52. The molecule has 1 saturated carbocycles. The lowest BCUT2D eigenvalue weighted by Gasteiger charge is -2.22. The van der Waals surface area contributed by atoms with Gasteiger partial charge in [0.25, 0.3) is 0 Å². The van der Waals surface area contributed by atoms with Crippen LogP contribution in [0.4, 0.5) is 27.9 Å². The summed E-state index contributed by atoms with van der Waals surface area (Å²) in [5.41, 5.74) is 1.92. The Kier molecular flexibility index (Phi) is 6.10. The summed E-state index contributed by atoms with van der Waals surface area (Å²) < 4.78 is 6.85. The fourth-order valence-electron chi connectivity index (χ4n) is 4.15. The van der Waals surface area contributed by atoms with Crippen LogP contribution in [0, 0.1) is 22.7 Å². The van der Waals surface area contributed by atoms with Crippen LogP contribution in [0.2, 0.25) is 5.02 Å². The second-order valence-corrected chi connectivity index (χ2v) is 8.90. The predicted molar refractivity (Wildman–Crippen MR) is 130 cm³/mol. The van der Waals surface area contributed by atoms with E-state index in [4.69, 9.17) is 21.4 Å². The molecule has 14 heteroatoms. The highest BCUT2D eigenvalue weighted by molar-refractivity contribution is 6.36. The van der Waals surface area contributed by atoms with Crippen molar-refractivity contribution in [1.82, 2.24) is 24.9 Å². The molecular weight excluding hydrogens is 488 g/mol. The van der Waals surface area contributed by atoms with E-state index < -0.39 is 18.2 Å². The van der Waals surface area contributed by atoms with Crippen LogP contribution < -0.4 is 20.9 Å². The fraction of sp³-hybridized carbons (Fsp3) is 0.364. The molecule has 0 radical (unpaired) electrons. The zero-order chi connectivity index (χ0) is 25.4. The number of carboxylic acid groups (broad SMARTS) is 1. The number of hydrogen-bond donors (Lipinski definition) is 4. The van der Waals surface area contributed by atoms with Crippen LogP contribution in [0.5, 0.6) is 0 Å². The lowest BCUT2D eigenvalue weighted by molar-refractivity contribution is 0.0949. The number of rotatable bonds is 7. The van der Waals surface area contributed by atoms with E-state index in [1.807, 2.05) is 4.90 Å². The molecule has 4 N–H and O–H groups in total. The molecule has 0 spiro atoms. The van der Waals surface area contributed by atoms with Gasteiger partial charge in [-0.3, -0.25) is 0 Å². The molecule has 1 aliphatic carbocycles. The average Bonchev–Trinajstić information content (AvgIpc) is 3.43. The van der Waals surface area contributed by atoms with E-state index in [0.29, 0.717) is 46.5 Å². The Morgan fingerprint density at radius 1 is 1.28 bits per heavy atom. The monoisotopic (exact) mass is 508 g/mol. The van der Waals surface area contributed by atoms with Gasteiger partial charge in [0.1, 0.15) is 6.07 Å². The Hall–Kier alpha value is -4.33. The lowest BCUT2D eigenvalue weighted by Crippen LogP contribution is -2.42. The molecule has 36 heavy (non-hydrogen) atoms. The minimum atomic E-state index is -1.15. The van der Waals surface area contributed by atoms with E-state index in [-0.39, 0.29) is 17.7 Å². The lowest BCUT2D eigenvalue weighted by atomic mass is 10.1. The Morgan fingerprint density at radius 3 is 2.75 bits per heavy atom. The third-order valence-electron chi connectivity index (χ3n) is 6.04. The van der Waals surface area contributed by atoms with Crippen molar-refractivity contribution in [3.05, 3.63) is 34.6 Å². The molecule has 2 fully saturated rings. The van der Waals surface area contributed by atoms with E-state index in [0.717, 1.165) is 12.8 Å². The SMILES string of the molecule is CO[C@@H]1CN(c2cc(C#N)cc(Nc3nc(NC4CC4)c4ncc(C#N)n4n3)c2Cl)C[C@@H]1NC(=O)O. The normalized spacial score (nSPS) is 19.1. The van der Waals surface area contributed by atoms with Crippen LogP contribution >= 0.6 is 11.6 Å². The van der Waals surface area contributed by atoms with E-state index in [2.05, 4.69) is 43.2 Å². The number of amides is 1. The van der Waals surface area contributed by atoms with E-state index >= 15 is 0 Å². The third-order valence-corrected chi connectivity index (χ3v) is 6.44. The molecule has 5 rings (SSSR count). The Labute approximate surface area is 210 Å². The number of fused-ring (bicyclic) bond motifs is 1. The van der Waals surface area contributed by atoms with Crippen molar-refractivity contribution in [2.24, 2.45) is 0 Å². The average molecular weight is 509 g/mol. The minimum absolute atomic E-state index is 0.157. The molecule has 0 unspecified atom stereocenters. The first-order valence-electron chi connectivity index (χ1n) is 11.1. The Morgan fingerprint density at radius 2 is 2.08 bits per heavy atom. The van der Waals surface area contributed by atoms with Gasteiger partial charge in [-0.25, -0.2) is 9.78 Å². The molecule has 1 aromatic carbocycles. The second kappa shape index (κ2) is 9.37. The van der Waals surface area contributed by atoms with Crippen LogP contribution in [0.15, 0.2) is 18.3 Å². The maximum absolute atomic E-state index is 11.2. The Bertz CT molecular complexity index is 1420. The topological polar surface area (TPSA) is 177 Å². The van der Waals surface area contributed by atoms with Crippen molar-refractivity contribution in [2.75, 3.05) is 35.7 Å². The van der Waals surface area contributed by atoms with Crippen LogP contribution in [0.3, 0.4) is 0 Å². The van der Waals surface area contributed by atoms with Crippen LogP contribution in [-0.2, 0) is 4.74 Å². The van der Waals surface area contributed by atoms with Crippen molar-refractivity contribution in [3.63, 3.8) is 0 Å². The number of hydrogen-bond acceptors (Lipinski definition) is 10. The summed E-state index contributed by atoms with van der Waals surface area (Å²) in [4.78, 5) is 21.9. The van der Waals surface area contributed by atoms with Gasteiger partial charge in [-0.05, 0) is 25.0 Å². The van der Waals surface area contributed by atoms with Gasteiger partial charge < -0.3 is 30.7 Å². The Balaban J connectivity index is 1.51. The van der Waals surface area contributed by atoms with E-state index in [9.17, 15) is 15.3 Å². The zero-order valence-corrected chi connectivity index (χ0v) is 19.8. The smallest absolute Gasteiger partial charge is 0.405 e. The van der Waals surface area contributed by atoms with Crippen molar-refractivity contribution in [3.8, 4) is 12.1 Å². The third kappa shape index (κ3) is 4.49. The molecule has 13 nitrogen and oxygen atoms in total. The molecule has 1 amide bonds. The number of methoxy groups -OCH3 is 1. The van der Waals surface area contributed by atoms with Crippen molar-refractivity contribution >= 4 is 46.5 Å². The van der Waals surface area contributed by atoms with Crippen molar-refractivity contribution in [1.29, 1.82) is 10.5 Å². The number of nitrogens with zero attached hydrogens (tertiary/aromatic N) is 7. The summed E-state index contributed by atoms with van der Waals surface area (Å²) in [5, 5.41) is 41.8. The first-order chi connectivity index (χ1) is 17.4. The quantitative estimate of drug-likeness (QED) is 0.368. The van der Waals surface area contributed by atoms with Gasteiger partial charge in [-0.2, -0.15) is 20.0 Å². The number of anilines is 4. The molecule has 1 aliphatic heterocycles. The maximum atomic E-state index is 11.2. The number of benzene rings is 1. The predicted octanol–water partition coefficient (Wildman–Crippen LogP) is 2.31. The number of ether oxygens (including phenoxy) is 1. The van der Waals surface area contributed by atoms with Gasteiger partial charge in [0.2, 0.25) is 5.95 Å². The molecule has 2 aromatic heterocycles. The van der Waals surface area contributed by atoms with Gasteiger partial charge in [0.05, 0.1) is 46.4 Å². The molecule has 2 atom stereocenters. The molecular formula is C22H21ClN10O3. The number of nitrogens with one attached hydrogen (secondary N) is 3. The highest BCUT2D eigenvalue weighted by Gasteiger charge is 2.35. The maximum Gasteiger partial charge on any atom is 0.405 e. The summed E-state index contributed by atoms with van der Waals surface area (Å²) in [6.07, 6.45) is 1.91. The molecule has 3 aromatic rings. The van der Waals surface area contributed by atoms with Gasteiger partial charge in [-0.1, -0.05) is 11.6 Å². The standard InChI is InChI=1S/C22H21ClN10O3/c1-36-17-10-32(9-15(17)29-22(34)35)16-5-11(6-24)4-14(18(16)23)28-21-30-19(27-12-2-3-12)20-26-8-13(7-25)33(20)31-21/h4-5,8,12,15,17,29H,2-3,9-10H2,1H3,(H,34,35)(H2,27,28,30,31)/t15-,17+/m0/s1. The number of imidazole rings is 1. The summed E-state index contributed by atoms with van der Waals surface area (Å²) in [5.74, 6) is 0.638. The van der Waals surface area contributed by atoms with Gasteiger partial charge in [-0.15, -0.1) is 5.10 Å². The highest BCUT2D eigenvalue weighted by atomic mass is 35.5. The van der Waals surface area contributed by atoms with Crippen LogP contribution in [-0.4, -0.2) is 69.2 Å². The van der Waals surface area contributed by atoms with Gasteiger partial charge in [0, 0.05) is 26.2 Å². The van der Waals surface area contributed by atoms with E-state index in [1.165, 1.54) is 17.8 Å². The number of carbonyl (C=O) groups is 1. The summed E-state index contributed by atoms with van der Waals surface area (Å²) in [6.45, 7) is 0.672. The first kappa shape index (κ1) is 23.4. The summed E-state index contributed by atoms with van der Waals surface area (Å²) in [6, 6.07) is 7.20. The molecule has 0 bridgehead atoms. The number of halogens is 1.